The van der Waals surface area contributed by atoms with Gasteiger partial charge in [0.05, 0.1) is 0 Å². The molecule has 1 amide bonds. The van der Waals surface area contributed by atoms with Crippen LogP contribution in [-0.2, 0) is 38.1 Å². The molecule has 0 saturated carbocycles. The first kappa shape index (κ1) is 19.8. The summed E-state index contributed by atoms with van der Waals surface area (Å²) in [7, 11) is 0. The Morgan fingerprint density at radius 3 is 2.04 bits per heavy atom. The summed E-state index contributed by atoms with van der Waals surface area (Å²) < 4.78 is 34.7. The smallest absolute Gasteiger partial charge is 0.305 e. The van der Waals surface area contributed by atoms with Crippen molar-refractivity contribution in [1.82, 2.24) is 5.32 Å². The Labute approximate surface area is 137 Å². The number of rotatable bonds is 5. The fourth-order valence-electron chi connectivity index (χ4n) is 2.21. The highest BCUT2D eigenvalue weighted by Crippen LogP contribution is 2.27. The van der Waals surface area contributed by atoms with Crippen molar-refractivity contribution in [2.24, 2.45) is 0 Å². The third-order valence-corrected chi connectivity index (χ3v) is 3.03. The molecule has 1 fully saturated rings. The van der Waals surface area contributed by atoms with Gasteiger partial charge in [-0.15, -0.1) is 0 Å². The minimum Gasteiger partial charge on any atom is -0.463 e. The minimum absolute atomic E-state index is 0.418. The number of nitrogens with one attached hydrogen (secondary N) is 1. The molecule has 0 bridgehead atoms. The monoisotopic (exact) mass is 349 g/mol. The second-order valence-corrected chi connectivity index (χ2v) is 5.20. The summed E-state index contributed by atoms with van der Waals surface area (Å²) in [6.07, 6.45) is -6.07. The lowest BCUT2D eigenvalue weighted by atomic mass is 9.97. The molecule has 0 spiro atoms. The summed E-state index contributed by atoms with van der Waals surface area (Å²) in [6, 6.07) is -1.38. The highest BCUT2D eigenvalue weighted by Gasteiger charge is 2.50. The molecule has 0 aromatic heterocycles. The molecule has 0 aromatic carbocycles. The zero-order valence-electron chi connectivity index (χ0n) is 13.7. The second-order valence-electron chi connectivity index (χ2n) is 5.20. The quantitative estimate of drug-likeness (QED) is 0.527. The molecular formula is C14H20FNO8. The van der Waals surface area contributed by atoms with Gasteiger partial charge in [0.1, 0.15) is 18.8 Å². The number of ether oxygens (including phenoxy) is 4. The number of hydrogen-bond donors (Lipinski definition) is 1. The van der Waals surface area contributed by atoms with Crippen LogP contribution in [-0.4, -0.2) is 61.1 Å². The van der Waals surface area contributed by atoms with Crippen molar-refractivity contribution in [3.05, 3.63) is 0 Å². The third-order valence-electron chi connectivity index (χ3n) is 3.03. The molecule has 5 atom stereocenters. The van der Waals surface area contributed by atoms with Crippen molar-refractivity contribution >= 4 is 23.8 Å². The van der Waals surface area contributed by atoms with Crippen LogP contribution >= 0.6 is 0 Å². The summed E-state index contributed by atoms with van der Waals surface area (Å²) in [5.41, 5.74) is 0. The van der Waals surface area contributed by atoms with Crippen molar-refractivity contribution in [2.45, 2.75) is 58.4 Å². The summed E-state index contributed by atoms with van der Waals surface area (Å²) in [4.78, 5) is 44.6. The van der Waals surface area contributed by atoms with Gasteiger partial charge >= 0.3 is 17.9 Å². The van der Waals surface area contributed by atoms with Gasteiger partial charge in [0.15, 0.2) is 12.3 Å². The number of carbonyl (C=O) groups excluding carboxylic acids is 4. The molecule has 1 heterocycles. The van der Waals surface area contributed by atoms with Gasteiger partial charge in [-0.3, -0.25) is 19.2 Å². The Kier molecular flexibility index (Phi) is 7.08. The van der Waals surface area contributed by atoms with E-state index in [0.717, 1.165) is 27.7 Å². The van der Waals surface area contributed by atoms with Gasteiger partial charge < -0.3 is 24.3 Å². The third kappa shape index (κ3) is 5.76. The Bertz CT molecular complexity index is 509. The van der Waals surface area contributed by atoms with Crippen LogP contribution in [0, 0.1) is 0 Å². The average Bonchev–Trinajstić information content (AvgIpc) is 2.42. The van der Waals surface area contributed by atoms with Crippen LogP contribution in [0.5, 0.6) is 0 Å². The van der Waals surface area contributed by atoms with Crippen molar-refractivity contribution in [3.63, 3.8) is 0 Å². The fraction of sp³-hybridized carbons (Fsp3) is 0.714. The van der Waals surface area contributed by atoms with Crippen molar-refractivity contribution in [1.29, 1.82) is 0 Å². The van der Waals surface area contributed by atoms with E-state index in [1.165, 1.54) is 0 Å². The van der Waals surface area contributed by atoms with E-state index >= 15 is 0 Å². The van der Waals surface area contributed by atoms with E-state index in [1.54, 1.807) is 0 Å². The van der Waals surface area contributed by atoms with Gasteiger partial charge in [0, 0.05) is 27.7 Å². The van der Waals surface area contributed by atoms with Gasteiger partial charge in [-0.05, 0) is 0 Å². The largest absolute Gasteiger partial charge is 0.463 e. The summed E-state index contributed by atoms with van der Waals surface area (Å²) in [5.74, 6) is -2.79. The number of halogens is 1. The highest BCUT2D eigenvalue weighted by molar-refractivity contribution is 5.73. The maximum absolute atomic E-state index is 14.8. The van der Waals surface area contributed by atoms with E-state index in [2.05, 4.69) is 5.32 Å². The lowest BCUT2D eigenvalue weighted by molar-refractivity contribution is -0.259. The van der Waals surface area contributed by atoms with Gasteiger partial charge in [0.2, 0.25) is 12.2 Å². The summed E-state index contributed by atoms with van der Waals surface area (Å²) in [6.45, 7) is 4.02. The van der Waals surface area contributed by atoms with Crippen molar-refractivity contribution < 1.29 is 42.5 Å². The topological polar surface area (TPSA) is 117 Å². The van der Waals surface area contributed by atoms with Crippen molar-refractivity contribution in [3.8, 4) is 0 Å². The van der Waals surface area contributed by atoms with Crippen LogP contribution in [0.3, 0.4) is 0 Å². The van der Waals surface area contributed by atoms with Crippen LogP contribution in [0.2, 0.25) is 0 Å². The van der Waals surface area contributed by atoms with E-state index in [4.69, 9.17) is 18.9 Å². The molecule has 10 heteroatoms. The maximum atomic E-state index is 14.8. The lowest BCUT2D eigenvalue weighted by Crippen LogP contribution is -2.64. The zero-order valence-corrected chi connectivity index (χ0v) is 13.7. The number of carbonyl (C=O) groups is 4. The van der Waals surface area contributed by atoms with Crippen LogP contribution in [0.25, 0.3) is 0 Å². The predicted octanol–water partition coefficient (Wildman–Crippen LogP) is -0.388. The zero-order chi connectivity index (χ0) is 18.4. The molecule has 1 aliphatic rings. The summed E-state index contributed by atoms with van der Waals surface area (Å²) >= 11 is 0. The first-order valence-corrected chi connectivity index (χ1v) is 7.16. The van der Waals surface area contributed by atoms with E-state index < -0.39 is 61.1 Å². The molecule has 24 heavy (non-hydrogen) atoms. The fourth-order valence-corrected chi connectivity index (χ4v) is 2.21. The van der Waals surface area contributed by atoms with E-state index in [1.807, 2.05) is 0 Å². The standard InChI is InChI=1S/C14H20FNO8/c1-6(17)16-12-11(15)13(22-8(3)19)10(5-21-7(2)18)24-14(12)23-9(4)20/h10-14H,5H2,1-4H3,(H,16,17)/t10?,11?,12?,13-,14-/m1/s1. The molecule has 1 saturated heterocycles. The number of esters is 3. The van der Waals surface area contributed by atoms with Gasteiger partial charge in [-0.1, -0.05) is 0 Å². The van der Waals surface area contributed by atoms with Crippen LogP contribution in [0.1, 0.15) is 27.7 Å². The Morgan fingerprint density at radius 2 is 1.58 bits per heavy atom. The second kappa shape index (κ2) is 8.57. The molecule has 0 radical (unpaired) electrons. The first-order chi connectivity index (χ1) is 11.1. The number of alkyl halides is 1. The Morgan fingerprint density at radius 1 is 1.00 bits per heavy atom. The van der Waals surface area contributed by atoms with E-state index in [9.17, 15) is 23.6 Å². The highest BCUT2D eigenvalue weighted by atomic mass is 19.1. The molecule has 1 N–H and O–H groups in total. The molecule has 1 aliphatic heterocycles. The molecule has 1 rings (SSSR count). The molecular weight excluding hydrogens is 329 g/mol. The minimum atomic E-state index is -1.95. The molecule has 0 aliphatic carbocycles. The molecule has 9 nitrogen and oxygen atoms in total. The normalized spacial score (nSPS) is 29.3. The summed E-state index contributed by atoms with van der Waals surface area (Å²) in [5, 5.41) is 2.26. The molecule has 136 valence electrons. The number of hydrogen-bond acceptors (Lipinski definition) is 8. The average molecular weight is 349 g/mol. The van der Waals surface area contributed by atoms with Crippen molar-refractivity contribution in [2.75, 3.05) is 6.61 Å². The van der Waals surface area contributed by atoms with Gasteiger partial charge in [-0.25, -0.2) is 4.39 Å². The first-order valence-electron chi connectivity index (χ1n) is 7.16. The van der Waals surface area contributed by atoms with Gasteiger partial charge in [-0.2, -0.15) is 0 Å². The van der Waals surface area contributed by atoms with Crippen LogP contribution < -0.4 is 5.32 Å². The lowest BCUT2D eigenvalue weighted by Gasteiger charge is -2.42. The molecule has 3 unspecified atom stereocenters. The predicted molar refractivity (Wildman–Crippen MR) is 75.1 cm³/mol. The Balaban J connectivity index is 3.04. The van der Waals surface area contributed by atoms with Gasteiger partial charge in [0.25, 0.3) is 0 Å². The number of amides is 1. The van der Waals surface area contributed by atoms with Crippen LogP contribution in [0.4, 0.5) is 4.39 Å². The molecule has 0 aromatic rings. The Hall–Kier alpha value is -2.23. The van der Waals surface area contributed by atoms with E-state index in [-0.39, 0.29) is 0 Å². The van der Waals surface area contributed by atoms with E-state index in [0.29, 0.717) is 0 Å². The maximum Gasteiger partial charge on any atom is 0.305 e. The van der Waals surface area contributed by atoms with Crippen LogP contribution in [0.15, 0.2) is 0 Å². The SMILES string of the molecule is CC(=O)NC1C(F)[C@H](OC(C)=O)C(COC(C)=O)O[C@H]1OC(C)=O.